The molecule has 2 aromatic rings. The van der Waals surface area contributed by atoms with Crippen molar-refractivity contribution in [1.29, 1.82) is 0 Å². The Morgan fingerprint density at radius 3 is 2.45 bits per heavy atom. The highest BCUT2D eigenvalue weighted by Gasteiger charge is 2.17. The molecule has 6 nitrogen and oxygen atoms in total. The minimum atomic E-state index is -0.516. The molecule has 152 valence electrons. The summed E-state index contributed by atoms with van der Waals surface area (Å²) in [6.45, 7) is 6.46. The van der Waals surface area contributed by atoms with Gasteiger partial charge in [0.1, 0.15) is 18.0 Å². The zero-order valence-electron chi connectivity index (χ0n) is 16.4. The lowest BCUT2D eigenvalue weighted by Gasteiger charge is -2.19. The summed E-state index contributed by atoms with van der Waals surface area (Å²) in [7, 11) is 0. The van der Waals surface area contributed by atoms with Gasteiger partial charge in [0.2, 0.25) is 5.96 Å². The fourth-order valence-corrected chi connectivity index (χ4v) is 3.09. The molecule has 2 aromatic carbocycles. The summed E-state index contributed by atoms with van der Waals surface area (Å²) in [5.41, 5.74) is 1.73. The van der Waals surface area contributed by atoms with E-state index in [-0.39, 0.29) is 5.97 Å². The van der Waals surface area contributed by atoms with E-state index in [0.29, 0.717) is 34.7 Å². The van der Waals surface area contributed by atoms with Crippen LogP contribution in [-0.4, -0.2) is 29.9 Å². The quantitative estimate of drug-likeness (QED) is 0.672. The molecule has 0 radical (unpaired) electrons. The first-order chi connectivity index (χ1) is 13.7. The van der Waals surface area contributed by atoms with Gasteiger partial charge >= 0.3 is 5.97 Å². The highest BCUT2D eigenvalue weighted by atomic mass is 35.5. The Bertz CT molecular complexity index is 943. The number of carbonyl (C=O) groups excluding carboxylic acids is 1. The summed E-state index contributed by atoms with van der Waals surface area (Å²) in [5.74, 6) is 0.997. The van der Waals surface area contributed by atoms with Gasteiger partial charge in [-0.2, -0.15) is 0 Å². The number of amidine groups is 1. The lowest BCUT2D eigenvalue weighted by atomic mass is 10.1. The normalized spacial score (nSPS) is 15.1. The Labute approximate surface area is 180 Å². The van der Waals surface area contributed by atoms with Crippen molar-refractivity contribution in [1.82, 2.24) is 5.32 Å². The summed E-state index contributed by atoms with van der Waals surface area (Å²) in [5, 5.41) is 7.35. The van der Waals surface area contributed by atoms with Gasteiger partial charge in [0.15, 0.2) is 0 Å². The van der Waals surface area contributed by atoms with E-state index in [1.807, 2.05) is 32.9 Å². The molecule has 0 aliphatic carbocycles. The third-order valence-corrected chi connectivity index (χ3v) is 4.25. The van der Waals surface area contributed by atoms with E-state index in [1.54, 1.807) is 30.3 Å². The first-order valence-corrected chi connectivity index (χ1v) is 9.84. The highest BCUT2D eigenvalue weighted by Crippen LogP contribution is 2.22. The van der Waals surface area contributed by atoms with E-state index >= 15 is 0 Å². The Hall–Kier alpha value is -2.57. The molecule has 2 N–H and O–H groups in total. The van der Waals surface area contributed by atoms with Crippen molar-refractivity contribution in [3.8, 4) is 0 Å². The van der Waals surface area contributed by atoms with Gasteiger partial charge in [-0.25, -0.2) is 9.79 Å². The number of benzene rings is 2. The van der Waals surface area contributed by atoms with Crippen molar-refractivity contribution in [3.05, 3.63) is 63.6 Å². The van der Waals surface area contributed by atoms with Crippen LogP contribution in [0.15, 0.2) is 52.4 Å². The van der Waals surface area contributed by atoms with Crippen LogP contribution < -0.4 is 10.6 Å². The lowest BCUT2D eigenvalue weighted by molar-refractivity contribution is 0.00695. The number of hydrogen-bond acceptors (Lipinski definition) is 5. The largest absolute Gasteiger partial charge is 0.456 e. The highest BCUT2D eigenvalue weighted by molar-refractivity contribution is 6.35. The van der Waals surface area contributed by atoms with E-state index in [2.05, 4.69) is 20.6 Å². The van der Waals surface area contributed by atoms with Crippen LogP contribution in [0.3, 0.4) is 0 Å². The average molecular weight is 433 g/mol. The molecule has 0 saturated carbocycles. The predicted octanol–water partition coefficient (Wildman–Crippen LogP) is 4.92. The van der Waals surface area contributed by atoms with Crippen LogP contribution >= 0.6 is 23.2 Å². The molecule has 0 amide bonds. The van der Waals surface area contributed by atoms with Crippen LogP contribution in [0, 0.1) is 0 Å². The van der Waals surface area contributed by atoms with Crippen molar-refractivity contribution < 1.29 is 9.53 Å². The summed E-state index contributed by atoms with van der Waals surface area (Å²) in [6, 6.07) is 12.4. The number of guanidine groups is 1. The molecule has 0 spiro atoms. The molecule has 1 aliphatic heterocycles. The maximum absolute atomic E-state index is 12.1. The monoisotopic (exact) mass is 432 g/mol. The number of hydrogen-bond donors (Lipinski definition) is 2. The standard InChI is InChI=1S/C21H22Cl2N4O2/c1-21(2,3)29-19(28)14-6-4-13(5-7-14)11-24-18-12-25-20(27-18)26-17-9-15(22)8-16(23)10-17/h4-10H,11-12H2,1-3H3,(H2,24,25,26,27). The first-order valence-electron chi connectivity index (χ1n) is 9.08. The number of nitrogens with zero attached hydrogens (tertiary/aromatic N) is 2. The number of nitrogens with one attached hydrogen (secondary N) is 2. The van der Waals surface area contributed by atoms with Crippen LogP contribution in [0.1, 0.15) is 36.7 Å². The second-order valence-corrected chi connectivity index (χ2v) is 8.41. The second kappa shape index (κ2) is 8.84. The Balaban J connectivity index is 1.54. The van der Waals surface area contributed by atoms with E-state index in [4.69, 9.17) is 27.9 Å². The number of esters is 1. The van der Waals surface area contributed by atoms with Gasteiger partial charge in [0, 0.05) is 15.7 Å². The Morgan fingerprint density at radius 2 is 1.83 bits per heavy atom. The number of ether oxygens (including phenoxy) is 1. The van der Waals surface area contributed by atoms with E-state index in [1.165, 1.54) is 0 Å². The molecule has 1 heterocycles. The summed E-state index contributed by atoms with van der Waals surface area (Å²) in [6.07, 6.45) is 0. The summed E-state index contributed by atoms with van der Waals surface area (Å²) >= 11 is 12.0. The van der Waals surface area contributed by atoms with Crippen LogP contribution in [-0.2, 0) is 11.3 Å². The van der Waals surface area contributed by atoms with E-state index in [0.717, 1.165) is 17.1 Å². The van der Waals surface area contributed by atoms with Crippen LogP contribution in [0.4, 0.5) is 5.69 Å². The van der Waals surface area contributed by atoms with Gasteiger partial charge in [-0.05, 0) is 56.7 Å². The number of carbonyl (C=O) groups is 1. The van der Waals surface area contributed by atoms with E-state index in [9.17, 15) is 4.79 Å². The van der Waals surface area contributed by atoms with Crippen LogP contribution in [0.5, 0.6) is 0 Å². The fraction of sp³-hybridized carbons (Fsp3) is 0.286. The van der Waals surface area contributed by atoms with E-state index < -0.39 is 5.60 Å². The van der Waals surface area contributed by atoms with Gasteiger partial charge < -0.3 is 15.4 Å². The molecule has 0 bridgehead atoms. The zero-order valence-corrected chi connectivity index (χ0v) is 17.9. The average Bonchev–Trinajstić information content (AvgIpc) is 3.05. The molecule has 0 atom stereocenters. The van der Waals surface area contributed by atoms with Gasteiger partial charge in [-0.15, -0.1) is 0 Å². The smallest absolute Gasteiger partial charge is 0.338 e. The molecule has 0 fully saturated rings. The topological polar surface area (TPSA) is 75.1 Å². The molecule has 29 heavy (non-hydrogen) atoms. The number of aliphatic imine (C=N–C) groups is 2. The summed E-state index contributed by atoms with van der Waals surface area (Å²) in [4.78, 5) is 21.0. The van der Waals surface area contributed by atoms with Gasteiger partial charge in [-0.3, -0.25) is 4.99 Å². The molecule has 8 heteroatoms. The molecular weight excluding hydrogens is 411 g/mol. The molecule has 0 saturated heterocycles. The lowest BCUT2D eigenvalue weighted by Crippen LogP contribution is -2.30. The second-order valence-electron chi connectivity index (χ2n) is 7.53. The Kier molecular flexibility index (Phi) is 6.45. The Morgan fingerprint density at radius 1 is 1.17 bits per heavy atom. The third-order valence-electron chi connectivity index (χ3n) is 3.82. The van der Waals surface area contributed by atoms with Crippen molar-refractivity contribution >= 4 is 46.7 Å². The van der Waals surface area contributed by atoms with Crippen molar-refractivity contribution in [2.45, 2.75) is 32.9 Å². The molecular formula is C21H22Cl2N4O2. The van der Waals surface area contributed by atoms with Crippen LogP contribution in [0.25, 0.3) is 0 Å². The number of anilines is 1. The maximum atomic E-state index is 12.1. The summed E-state index contributed by atoms with van der Waals surface area (Å²) < 4.78 is 5.37. The first kappa shape index (κ1) is 21.1. The maximum Gasteiger partial charge on any atom is 0.338 e. The number of halogens is 2. The number of rotatable bonds is 4. The van der Waals surface area contributed by atoms with Gasteiger partial charge in [-0.1, -0.05) is 35.3 Å². The molecule has 1 aliphatic rings. The van der Waals surface area contributed by atoms with Crippen LogP contribution in [0.2, 0.25) is 10.0 Å². The zero-order chi connectivity index (χ0) is 21.0. The SMILES string of the molecule is CC(C)(C)OC(=O)c1ccc(CN=C2CN=C(Nc3cc(Cl)cc(Cl)c3)N2)cc1. The minimum absolute atomic E-state index is 0.335. The molecule has 0 unspecified atom stereocenters. The van der Waals surface area contributed by atoms with Crippen molar-refractivity contribution in [2.24, 2.45) is 9.98 Å². The van der Waals surface area contributed by atoms with Crippen molar-refractivity contribution in [3.63, 3.8) is 0 Å². The van der Waals surface area contributed by atoms with Gasteiger partial charge in [0.25, 0.3) is 0 Å². The predicted molar refractivity (Wildman–Crippen MR) is 118 cm³/mol. The minimum Gasteiger partial charge on any atom is -0.456 e. The third kappa shape index (κ3) is 6.48. The fourth-order valence-electron chi connectivity index (χ4n) is 2.56. The molecule has 0 aromatic heterocycles. The van der Waals surface area contributed by atoms with Crippen molar-refractivity contribution in [2.75, 3.05) is 11.9 Å². The van der Waals surface area contributed by atoms with Gasteiger partial charge in [0.05, 0.1) is 12.1 Å². The molecule has 3 rings (SSSR count).